The largest absolute Gasteiger partial charge is 0.479 e. The Balaban J connectivity index is 2.67. The summed E-state index contributed by atoms with van der Waals surface area (Å²) >= 11 is 0. The van der Waals surface area contributed by atoms with Crippen molar-refractivity contribution in [2.45, 2.75) is 6.10 Å². The first kappa shape index (κ1) is 10.4. The van der Waals surface area contributed by atoms with Gasteiger partial charge in [0.2, 0.25) is 10.0 Å². The van der Waals surface area contributed by atoms with Crippen molar-refractivity contribution in [1.82, 2.24) is 4.31 Å². The van der Waals surface area contributed by atoms with Gasteiger partial charge in [-0.15, -0.1) is 0 Å². The van der Waals surface area contributed by atoms with Gasteiger partial charge in [-0.1, -0.05) is 0 Å². The molecular formula is C6H11NO5S. The van der Waals surface area contributed by atoms with Gasteiger partial charge >= 0.3 is 5.97 Å². The molecule has 0 aromatic heterocycles. The second-order valence-corrected chi connectivity index (χ2v) is 4.80. The Kier molecular flexibility index (Phi) is 2.89. The number of nitrogens with zero attached hydrogens (tertiary/aromatic N) is 1. The molecule has 0 aliphatic carbocycles. The number of carbonyl (C=O) groups is 1. The van der Waals surface area contributed by atoms with Gasteiger partial charge in [0.15, 0.2) is 6.10 Å². The summed E-state index contributed by atoms with van der Waals surface area (Å²) in [5.41, 5.74) is 0. The van der Waals surface area contributed by atoms with Crippen LogP contribution in [0.2, 0.25) is 0 Å². The van der Waals surface area contributed by atoms with Gasteiger partial charge in [-0.05, 0) is 0 Å². The highest BCUT2D eigenvalue weighted by Crippen LogP contribution is 2.08. The van der Waals surface area contributed by atoms with E-state index in [-0.39, 0.29) is 19.7 Å². The molecule has 1 fully saturated rings. The summed E-state index contributed by atoms with van der Waals surface area (Å²) in [5.74, 6) is -1.13. The third-order valence-electron chi connectivity index (χ3n) is 1.77. The highest BCUT2D eigenvalue weighted by molar-refractivity contribution is 7.88. The van der Waals surface area contributed by atoms with Gasteiger partial charge in [0.05, 0.1) is 19.4 Å². The maximum Gasteiger partial charge on any atom is 0.334 e. The maximum atomic E-state index is 11.0. The average molecular weight is 209 g/mol. The zero-order valence-corrected chi connectivity index (χ0v) is 7.95. The summed E-state index contributed by atoms with van der Waals surface area (Å²) in [6.07, 6.45) is 0.0144. The van der Waals surface area contributed by atoms with Gasteiger partial charge in [0.1, 0.15) is 0 Å². The van der Waals surface area contributed by atoms with E-state index in [0.717, 1.165) is 10.6 Å². The van der Waals surface area contributed by atoms with Crippen LogP contribution in [0.5, 0.6) is 0 Å². The molecule has 0 aromatic carbocycles. The molecule has 1 N–H and O–H groups in total. The monoisotopic (exact) mass is 209 g/mol. The van der Waals surface area contributed by atoms with Crippen molar-refractivity contribution in [3.05, 3.63) is 0 Å². The van der Waals surface area contributed by atoms with Crippen LogP contribution >= 0.6 is 0 Å². The van der Waals surface area contributed by atoms with Gasteiger partial charge < -0.3 is 9.84 Å². The van der Waals surface area contributed by atoms with Crippen molar-refractivity contribution in [1.29, 1.82) is 0 Å². The molecule has 76 valence electrons. The molecule has 1 aliphatic rings. The zero-order chi connectivity index (χ0) is 10.1. The van der Waals surface area contributed by atoms with E-state index in [1.807, 2.05) is 0 Å². The number of hydrogen-bond acceptors (Lipinski definition) is 4. The lowest BCUT2D eigenvalue weighted by atomic mass is 10.3. The first-order chi connectivity index (χ1) is 5.91. The quantitative estimate of drug-likeness (QED) is 0.613. The van der Waals surface area contributed by atoms with Crippen LogP contribution in [0.4, 0.5) is 0 Å². The Morgan fingerprint density at radius 1 is 1.62 bits per heavy atom. The molecule has 0 bridgehead atoms. The fourth-order valence-electron chi connectivity index (χ4n) is 1.08. The number of carboxylic acids is 1. The standard InChI is InChI=1S/C6H11NO5S/c1-13(10,11)7-2-3-12-5(4-7)6(8)9/h5H,2-4H2,1H3,(H,8,9)/t5-/m1/s1. The summed E-state index contributed by atoms with van der Waals surface area (Å²) in [5, 5.41) is 8.58. The van der Waals surface area contributed by atoms with E-state index >= 15 is 0 Å². The van der Waals surface area contributed by atoms with Gasteiger partial charge in [-0.25, -0.2) is 13.2 Å². The fraction of sp³-hybridized carbons (Fsp3) is 0.833. The lowest BCUT2D eigenvalue weighted by Crippen LogP contribution is -2.48. The predicted octanol–water partition coefficient (Wildman–Crippen LogP) is -1.27. The Morgan fingerprint density at radius 2 is 2.23 bits per heavy atom. The maximum absolute atomic E-state index is 11.0. The fourth-order valence-corrected chi connectivity index (χ4v) is 1.89. The first-order valence-corrected chi connectivity index (χ1v) is 5.55. The van der Waals surface area contributed by atoms with Crippen LogP contribution in [-0.4, -0.2) is 55.9 Å². The summed E-state index contributed by atoms with van der Waals surface area (Å²) in [6.45, 7) is 0.251. The van der Waals surface area contributed by atoms with Crippen molar-refractivity contribution < 1.29 is 23.1 Å². The zero-order valence-electron chi connectivity index (χ0n) is 7.13. The molecule has 0 spiro atoms. The van der Waals surface area contributed by atoms with Gasteiger partial charge in [0.25, 0.3) is 0 Å². The van der Waals surface area contributed by atoms with Crippen LogP contribution in [-0.2, 0) is 19.6 Å². The number of rotatable bonds is 2. The van der Waals surface area contributed by atoms with E-state index in [1.165, 1.54) is 0 Å². The Hall–Kier alpha value is -0.660. The van der Waals surface area contributed by atoms with E-state index in [9.17, 15) is 13.2 Å². The summed E-state index contributed by atoms with van der Waals surface area (Å²) in [7, 11) is -3.30. The third kappa shape index (κ3) is 2.64. The highest BCUT2D eigenvalue weighted by atomic mass is 32.2. The molecule has 0 saturated carbocycles. The number of sulfonamides is 1. The van der Waals surface area contributed by atoms with Crippen molar-refractivity contribution in [2.75, 3.05) is 26.0 Å². The molecule has 1 rings (SSSR count). The molecule has 13 heavy (non-hydrogen) atoms. The summed E-state index contributed by atoms with van der Waals surface area (Å²) in [4.78, 5) is 10.5. The molecular weight excluding hydrogens is 198 g/mol. The van der Waals surface area contributed by atoms with E-state index in [0.29, 0.717) is 0 Å². The smallest absolute Gasteiger partial charge is 0.334 e. The van der Waals surface area contributed by atoms with Crippen LogP contribution in [0.3, 0.4) is 0 Å². The van der Waals surface area contributed by atoms with Crippen molar-refractivity contribution >= 4 is 16.0 Å². The predicted molar refractivity (Wildman–Crippen MR) is 43.8 cm³/mol. The number of ether oxygens (including phenoxy) is 1. The molecule has 1 heterocycles. The van der Waals surface area contributed by atoms with Crippen LogP contribution in [0, 0.1) is 0 Å². The van der Waals surface area contributed by atoms with Crippen LogP contribution in [0.15, 0.2) is 0 Å². The van der Waals surface area contributed by atoms with E-state index < -0.39 is 22.1 Å². The second kappa shape index (κ2) is 3.60. The Labute approximate surface area is 76.1 Å². The van der Waals surface area contributed by atoms with E-state index in [4.69, 9.17) is 9.84 Å². The molecule has 0 radical (unpaired) electrons. The minimum Gasteiger partial charge on any atom is -0.479 e. The number of hydrogen-bond donors (Lipinski definition) is 1. The number of aliphatic carboxylic acids is 1. The Bertz CT molecular complexity index is 298. The normalized spacial score (nSPS) is 25.8. The van der Waals surface area contributed by atoms with Crippen molar-refractivity contribution in [3.63, 3.8) is 0 Å². The topological polar surface area (TPSA) is 83.9 Å². The number of carboxylic acid groups (broad SMARTS) is 1. The van der Waals surface area contributed by atoms with Crippen molar-refractivity contribution in [3.8, 4) is 0 Å². The van der Waals surface area contributed by atoms with E-state index in [1.54, 1.807) is 0 Å². The summed E-state index contributed by atoms with van der Waals surface area (Å²) in [6, 6.07) is 0. The minimum absolute atomic E-state index is 0.103. The third-order valence-corrected chi connectivity index (χ3v) is 3.04. The van der Waals surface area contributed by atoms with Crippen LogP contribution in [0.1, 0.15) is 0 Å². The molecule has 0 unspecified atom stereocenters. The van der Waals surface area contributed by atoms with Crippen LogP contribution in [0.25, 0.3) is 0 Å². The van der Waals surface area contributed by atoms with Crippen LogP contribution < -0.4 is 0 Å². The lowest BCUT2D eigenvalue weighted by molar-refractivity contribution is -0.153. The van der Waals surface area contributed by atoms with Gasteiger partial charge in [-0.3, -0.25) is 0 Å². The molecule has 1 saturated heterocycles. The molecule has 0 aromatic rings. The number of morpholine rings is 1. The van der Waals surface area contributed by atoms with Crippen molar-refractivity contribution in [2.24, 2.45) is 0 Å². The molecule has 7 heteroatoms. The minimum atomic E-state index is -3.30. The molecule has 6 nitrogen and oxygen atoms in total. The van der Waals surface area contributed by atoms with Gasteiger partial charge in [0, 0.05) is 6.54 Å². The first-order valence-electron chi connectivity index (χ1n) is 3.71. The molecule has 1 aliphatic heterocycles. The van der Waals surface area contributed by atoms with E-state index in [2.05, 4.69) is 0 Å². The van der Waals surface area contributed by atoms with Gasteiger partial charge in [-0.2, -0.15) is 4.31 Å². The lowest BCUT2D eigenvalue weighted by Gasteiger charge is -2.28. The second-order valence-electron chi connectivity index (χ2n) is 2.82. The average Bonchev–Trinajstić information content (AvgIpc) is 2.03. The molecule has 0 amide bonds. The SMILES string of the molecule is CS(=O)(=O)N1CCO[C@@H](C(=O)O)C1. The summed E-state index contributed by atoms with van der Waals surface area (Å²) < 4.78 is 28.0. The molecule has 1 atom stereocenters. The highest BCUT2D eigenvalue weighted by Gasteiger charge is 2.30. The Morgan fingerprint density at radius 3 is 2.69 bits per heavy atom.